The summed E-state index contributed by atoms with van der Waals surface area (Å²) in [5, 5.41) is 6.39. The van der Waals surface area contributed by atoms with Crippen LogP contribution in [0.25, 0.3) is 0 Å². The summed E-state index contributed by atoms with van der Waals surface area (Å²) in [5.41, 5.74) is 1.47. The van der Waals surface area contributed by atoms with Crippen LogP contribution in [0.4, 0.5) is 10.1 Å². The van der Waals surface area contributed by atoms with Crippen molar-refractivity contribution < 1.29 is 14.0 Å². The zero-order valence-corrected chi connectivity index (χ0v) is 15.6. The van der Waals surface area contributed by atoms with Crippen LogP contribution >= 0.6 is 11.6 Å². The Morgan fingerprint density at radius 2 is 1.52 bits per heavy atom. The van der Waals surface area contributed by atoms with Crippen LogP contribution in [0, 0.1) is 17.7 Å². The Balaban J connectivity index is 1.45. The van der Waals surface area contributed by atoms with Gasteiger partial charge in [-0.25, -0.2) is 4.39 Å². The molecule has 0 saturated heterocycles. The van der Waals surface area contributed by atoms with Crippen molar-refractivity contribution in [2.45, 2.75) is 32.2 Å². The van der Waals surface area contributed by atoms with E-state index < -0.39 is 0 Å². The summed E-state index contributed by atoms with van der Waals surface area (Å²) in [6.45, 7) is 0.406. The van der Waals surface area contributed by atoms with Gasteiger partial charge in [-0.3, -0.25) is 9.59 Å². The molecule has 0 heterocycles. The monoisotopic (exact) mass is 388 g/mol. The van der Waals surface area contributed by atoms with Crippen molar-refractivity contribution in [1.29, 1.82) is 0 Å². The molecule has 0 spiro atoms. The number of carbonyl (C=O) groups is 2. The first kappa shape index (κ1) is 19.4. The molecule has 2 N–H and O–H groups in total. The van der Waals surface area contributed by atoms with E-state index in [0.29, 0.717) is 42.9 Å². The molecule has 0 bridgehead atoms. The Labute approximate surface area is 163 Å². The summed E-state index contributed by atoms with van der Waals surface area (Å²) in [4.78, 5) is 24.7. The first-order valence-electron chi connectivity index (χ1n) is 9.10. The number of carbonyl (C=O) groups excluding carboxylic acids is 2. The number of anilines is 1. The van der Waals surface area contributed by atoms with Gasteiger partial charge < -0.3 is 10.6 Å². The maximum Gasteiger partial charge on any atom is 0.227 e. The summed E-state index contributed by atoms with van der Waals surface area (Å²) in [6, 6.07) is 13.1. The van der Waals surface area contributed by atoms with Gasteiger partial charge in [-0.1, -0.05) is 29.8 Å². The molecule has 2 aromatic rings. The molecule has 4 nitrogen and oxygen atoms in total. The fourth-order valence-corrected chi connectivity index (χ4v) is 3.57. The molecule has 1 fully saturated rings. The van der Waals surface area contributed by atoms with Gasteiger partial charge in [0.05, 0.1) is 0 Å². The van der Waals surface area contributed by atoms with Crippen molar-refractivity contribution in [2.24, 2.45) is 11.8 Å². The number of benzene rings is 2. The summed E-state index contributed by atoms with van der Waals surface area (Å²) >= 11 is 6.11. The topological polar surface area (TPSA) is 58.2 Å². The second-order valence-electron chi connectivity index (χ2n) is 6.85. The van der Waals surface area contributed by atoms with E-state index in [2.05, 4.69) is 10.6 Å². The molecule has 1 saturated carbocycles. The van der Waals surface area contributed by atoms with Crippen molar-refractivity contribution >= 4 is 29.1 Å². The third-order valence-corrected chi connectivity index (χ3v) is 5.36. The highest BCUT2D eigenvalue weighted by Crippen LogP contribution is 2.30. The van der Waals surface area contributed by atoms with Crippen LogP contribution < -0.4 is 10.6 Å². The molecule has 3 rings (SSSR count). The highest BCUT2D eigenvalue weighted by Gasteiger charge is 2.29. The van der Waals surface area contributed by atoms with Crippen molar-refractivity contribution in [3.05, 3.63) is 64.9 Å². The Kier molecular flexibility index (Phi) is 6.45. The molecule has 1 aliphatic carbocycles. The Morgan fingerprint density at radius 3 is 2.15 bits per heavy atom. The molecular formula is C21H22ClFN2O2. The molecule has 0 unspecified atom stereocenters. The number of nitrogens with one attached hydrogen (secondary N) is 2. The average molecular weight is 389 g/mol. The number of halogens is 2. The van der Waals surface area contributed by atoms with E-state index in [1.54, 1.807) is 18.2 Å². The van der Waals surface area contributed by atoms with Crippen LogP contribution in [-0.2, 0) is 16.1 Å². The average Bonchev–Trinajstić information content (AvgIpc) is 2.69. The first-order valence-corrected chi connectivity index (χ1v) is 9.48. The van der Waals surface area contributed by atoms with Crippen molar-refractivity contribution in [1.82, 2.24) is 5.32 Å². The summed E-state index contributed by atoms with van der Waals surface area (Å²) in [6.07, 6.45) is 2.68. The lowest BCUT2D eigenvalue weighted by molar-refractivity contribution is -0.128. The standard InChI is InChI=1S/C21H22ClFN2O2/c22-19-4-2-1-3-16(19)13-24-20(26)14-5-7-15(8-6-14)21(27)25-18-11-9-17(23)10-12-18/h1-4,9-12,14-15H,5-8,13H2,(H,24,26)(H,25,27). The molecule has 2 aromatic carbocycles. The minimum atomic E-state index is -0.337. The van der Waals surface area contributed by atoms with Crippen molar-refractivity contribution in [3.63, 3.8) is 0 Å². The molecule has 0 atom stereocenters. The largest absolute Gasteiger partial charge is 0.352 e. The zero-order chi connectivity index (χ0) is 19.2. The molecule has 0 aromatic heterocycles. The van der Waals surface area contributed by atoms with E-state index in [4.69, 9.17) is 11.6 Å². The third kappa shape index (κ3) is 5.30. The smallest absolute Gasteiger partial charge is 0.227 e. The van der Waals surface area contributed by atoms with Gasteiger partial charge in [0.25, 0.3) is 0 Å². The Bertz CT molecular complexity index is 802. The minimum Gasteiger partial charge on any atom is -0.352 e. The molecule has 142 valence electrons. The lowest BCUT2D eigenvalue weighted by Gasteiger charge is -2.27. The number of hydrogen-bond donors (Lipinski definition) is 2. The highest BCUT2D eigenvalue weighted by molar-refractivity contribution is 6.31. The van der Waals surface area contributed by atoms with E-state index in [1.807, 2.05) is 18.2 Å². The van der Waals surface area contributed by atoms with Gasteiger partial charge in [0.15, 0.2) is 0 Å². The van der Waals surface area contributed by atoms with Gasteiger partial charge in [0.2, 0.25) is 11.8 Å². The van der Waals surface area contributed by atoms with E-state index in [1.165, 1.54) is 12.1 Å². The van der Waals surface area contributed by atoms with Gasteiger partial charge >= 0.3 is 0 Å². The van der Waals surface area contributed by atoms with Crippen LogP contribution in [0.1, 0.15) is 31.2 Å². The summed E-state index contributed by atoms with van der Waals surface area (Å²) in [5.74, 6) is -0.606. The highest BCUT2D eigenvalue weighted by atomic mass is 35.5. The summed E-state index contributed by atoms with van der Waals surface area (Å²) in [7, 11) is 0. The van der Waals surface area contributed by atoms with Crippen LogP contribution in [0.3, 0.4) is 0 Å². The van der Waals surface area contributed by atoms with E-state index in [9.17, 15) is 14.0 Å². The lowest BCUT2D eigenvalue weighted by atomic mass is 9.81. The maximum atomic E-state index is 12.9. The van der Waals surface area contributed by atoms with E-state index in [-0.39, 0.29) is 29.5 Å². The minimum absolute atomic E-state index is 0.00677. The lowest BCUT2D eigenvalue weighted by Crippen LogP contribution is -2.35. The number of rotatable bonds is 5. The third-order valence-electron chi connectivity index (χ3n) is 4.99. The predicted octanol–water partition coefficient (Wildman–Crippen LogP) is 4.54. The molecule has 6 heteroatoms. The first-order chi connectivity index (χ1) is 13.0. The van der Waals surface area contributed by atoms with E-state index in [0.717, 1.165) is 5.56 Å². The van der Waals surface area contributed by atoms with Gasteiger partial charge in [0, 0.05) is 29.1 Å². The van der Waals surface area contributed by atoms with Crippen molar-refractivity contribution in [2.75, 3.05) is 5.32 Å². The molecule has 27 heavy (non-hydrogen) atoms. The zero-order valence-electron chi connectivity index (χ0n) is 14.9. The molecule has 2 amide bonds. The second kappa shape index (κ2) is 9.00. The van der Waals surface area contributed by atoms with Crippen LogP contribution in [0.15, 0.2) is 48.5 Å². The molecule has 1 aliphatic rings. The fourth-order valence-electron chi connectivity index (χ4n) is 3.36. The molecule has 0 radical (unpaired) electrons. The van der Waals surface area contributed by atoms with Crippen LogP contribution in [0.2, 0.25) is 5.02 Å². The summed E-state index contributed by atoms with van der Waals surface area (Å²) < 4.78 is 12.9. The quantitative estimate of drug-likeness (QED) is 0.790. The molecule has 0 aliphatic heterocycles. The second-order valence-corrected chi connectivity index (χ2v) is 7.26. The Hall–Kier alpha value is -2.40. The van der Waals surface area contributed by atoms with Crippen LogP contribution in [0.5, 0.6) is 0 Å². The van der Waals surface area contributed by atoms with Crippen LogP contribution in [-0.4, -0.2) is 11.8 Å². The molecular weight excluding hydrogens is 367 g/mol. The SMILES string of the molecule is O=C(NCc1ccccc1Cl)C1CCC(C(=O)Nc2ccc(F)cc2)CC1. The predicted molar refractivity (Wildman–Crippen MR) is 104 cm³/mol. The van der Waals surface area contributed by atoms with Gasteiger partial charge in [0.1, 0.15) is 5.82 Å². The van der Waals surface area contributed by atoms with Gasteiger partial charge in [-0.15, -0.1) is 0 Å². The van der Waals surface area contributed by atoms with Crippen molar-refractivity contribution in [3.8, 4) is 0 Å². The fraction of sp³-hybridized carbons (Fsp3) is 0.333. The number of amides is 2. The van der Waals surface area contributed by atoms with Gasteiger partial charge in [-0.05, 0) is 61.6 Å². The maximum absolute atomic E-state index is 12.9. The Morgan fingerprint density at radius 1 is 0.926 bits per heavy atom. The number of hydrogen-bond acceptors (Lipinski definition) is 2. The van der Waals surface area contributed by atoms with E-state index >= 15 is 0 Å². The normalized spacial score (nSPS) is 19.3. The van der Waals surface area contributed by atoms with Gasteiger partial charge in [-0.2, -0.15) is 0 Å².